The fourth-order valence-electron chi connectivity index (χ4n) is 3.70. The van der Waals surface area contributed by atoms with Crippen molar-refractivity contribution in [3.63, 3.8) is 0 Å². The van der Waals surface area contributed by atoms with E-state index in [1.807, 2.05) is 47.4 Å². The largest absolute Gasteiger partial charge is 0.496 e. The van der Waals surface area contributed by atoms with Crippen molar-refractivity contribution in [1.82, 2.24) is 4.90 Å². The highest BCUT2D eigenvalue weighted by Crippen LogP contribution is 2.27. The number of para-hydroxylation sites is 1. The second-order valence-corrected chi connectivity index (χ2v) is 7.06. The minimum atomic E-state index is -0.227. The number of hydrogen-bond donors (Lipinski definition) is 1. The predicted octanol–water partition coefficient (Wildman–Crippen LogP) is 3.99. The molecule has 1 atom stereocenters. The van der Waals surface area contributed by atoms with Gasteiger partial charge >= 0.3 is 0 Å². The van der Waals surface area contributed by atoms with Gasteiger partial charge in [0.05, 0.1) is 7.11 Å². The Kier molecular flexibility index (Phi) is 8.14. The number of nitrogens with zero attached hydrogens (tertiary/aromatic N) is 1. The summed E-state index contributed by atoms with van der Waals surface area (Å²) in [4.78, 5) is 14.5. The molecule has 27 heavy (non-hydrogen) atoms. The highest BCUT2D eigenvalue weighted by atomic mass is 35.5. The fraction of sp³-hybridized carbons (Fsp3) is 0.409. The average molecular weight is 389 g/mol. The van der Waals surface area contributed by atoms with Crippen molar-refractivity contribution in [3.05, 3.63) is 65.7 Å². The van der Waals surface area contributed by atoms with Crippen LogP contribution in [0.25, 0.3) is 0 Å². The van der Waals surface area contributed by atoms with Gasteiger partial charge in [0.1, 0.15) is 5.75 Å². The zero-order valence-electron chi connectivity index (χ0n) is 15.8. The topological polar surface area (TPSA) is 55.6 Å². The van der Waals surface area contributed by atoms with Crippen LogP contribution in [0, 0.1) is 5.92 Å². The molecule has 0 bridgehead atoms. The lowest BCUT2D eigenvalue weighted by molar-refractivity contribution is -0.133. The number of piperidine rings is 1. The fourth-order valence-corrected chi connectivity index (χ4v) is 3.70. The van der Waals surface area contributed by atoms with E-state index >= 15 is 0 Å². The Labute approximate surface area is 168 Å². The summed E-state index contributed by atoms with van der Waals surface area (Å²) in [5, 5.41) is 0. The first kappa shape index (κ1) is 21.3. The lowest BCUT2D eigenvalue weighted by Gasteiger charge is -2.33. The predicted molar refractivity (Wildman–Crippen MR) is 111 cm³/mol. The van der Waals surface area contributed by atoms with Crippen LogP contribution in [0.2, 0.25) is 0 Å². The Bertz CT molecular complexity index is 715. The van der Waals surface area contributed by atoms with Crippen molar-refractivity contribution < 1.29 is 9.53 Å². The van der Waals surface area contributed by atoms with Crippen molar-refractivity contribution in [1.29, 1.82) is 0 Å². The summed E-state index contributed by atoms with van der Waals surface area (Å²) < 4.78 is 5.45. The van der Waals surface area contributed by atoms with E-state index in [4.69, 9.17) is 10.5 Å². The molecule has 1 heterocycles. The molecule has 3 rings (SSSR count). The number of carbonyl (C=O) groups is 1. The molecule has 0 radical (unpaired) electrons. The van der Waals surface area contributed by atoms with E-state index < -0.39 is 0 Å². The van der Waals surface area contributed by atoms with Gasteiger partial charge in [0.15, 0.2) is 0 Å². The van der Waals surface area contributed by atoms with Gasteiger partial charge in [-0.3, -0.25) is 4.79 Å². The van der Waals surface area contributed by atoms with Crippen LogP contribution in [0.4, 0.5) is 0 Å². The number of amides is 1. The van der Waals surface area contributed by atoms with Gasteiger partial charge in [0, 0.05) is 25.6 Å². The smallest absolute Gasteiger partial charge is 0.224 e. The second kappa shape index (κ2) is 10.3. The summed E-state index contributed by atoms with van der Waals surface area (Å²) in [6, 6.07) is 17.8. The second-order valence-electron chi connectivity index (χ2n) is 7.06. The first-order valence-corrected chi connectivity index (χ1v) is 9.37. The third kappa shape index (κ3) is 5.72. The van der Waals surface area contributed by atoms with Crippen LogP contribution in [0.1, 0.15) is 36.4 Å². The van der Waals surface area contributed by atoms with Gasteiger partial charge in [-0.2, -0.15) is 0 Å². The quantitative estimate of drug-likeness (QED) is 0.814. The Balaban J connectivity index is 0.00000261. The number of ether oxygens (including phenoxy) is 1. The Morgan fingerprint density at radius 3 is 2.41 bits per heavy atom. The van der Waals surface area contributed by atoms with Gasteiger partial charge in [-0.1, -0.05) is 48.5 Å². The van der Waals surface area contributed by atoms with Crippen molar-refractivity contribution in [2.75, 3.05) is 20.2 Å². The molecule has 0 spiro atoms. The van der Waals surface area contributed by atoms with Gasteiger partial charge in [-0.05, 0) is 42.4 Å². The zero-order chi connectivity index (χ0) is 18.4. The van der Waals surface area contributed by atoms with Gasteiger partial charge in [-0.15, -0.1) is 12.4 Å². The first-order chi connectivity index (χ1) is 12.7. The molecule has 1 aliphatic rings. The van der Waals surface area contributed by atoms with Crippen molar-refractivity contribution >= 4 is 18.3 Å². The molecule has 146 valence electrons. The molecule has 2 aromatic carbocycles. The molecule has 1 fully saturated rings. The number of methoxy groups -OCH3 is 1. The molecular weight excluding hydrogens is 360 g/mol. The molecule has 2 aromatic rings. The minimum Gasteiger partial charge on any atom is -0.496 e. The molecule has 1 amide bonds. The lowest BCUT2D eigenvalue weighted by Crippen LogP contribution is -2.40. The van der Waals surface area contributed by atoms with Crippen LogP contribution >= 0.6 is 12.4 Å². The third-order valence-electron chi connectivity index (χ3n) is 5.29. The summed E-state index contributed by atoms with van der Waals surface area (Å²) in [5.41, 5.74) is 8.48. The van der Waals surface area contributed by atoms with E-state index in [2.05, 4.69) is 12.1 Å². The van der Waals surface area contributed by atoms with Crippen molar-refractivity contribution in [2.45, 2.75) is 31.7 Å². The SMILES string of the molecule is COc1ccccc1CC1CCN(C(=O)CC(N)c2ccccc2)CC1.Cl. The highest BCUT2D eigenvalue weighted by Gasteiger charge is 2.25. The van der Waals surface area contributed by atoms with Gasteiger partial charge in [0.2, 0.25) is 5.91 Å². The van der Waals surface area contributed by atoms with E-state index in [0.29, 0.717) is 12.3 Å². The molecule has 0 aliphatic carbocycles. The van der Waals surface area contributed by atoms with E-state index in [1.54, 1.807) is 7.11 Å². The molecule has 4 nitrogen and oxygen atoms in total. The van der Waals surface area contributed by atoms with Crippen molar-refractivity contribution in [3.8, 4) is 5.75 Å². The van der Waals surface area contributed by atoms with E-state index in [-0.39, 0.29) is 24.4 Å². The van der Waals surface area contributed by atoms with Gasteiger partial charge in [-0.25, -0.2) is 0 Å². The first-order valence-electron chi connectivity index (χ1n) is 9.37. The van der Waals surface area contributed by atoms with Crippen molar-refractivity contribution in [2.24, 2.45) is 11.7 Å². The van der Waals surface area contributed by atoms with Crippen LogP contribution in [0.3, 0.4) is 0 Å². The monoisotopic (exact) mass is 388 g/mol. The number of carbonyl (C=O) groups excluding carboxylic acids is 1. The zero-order valence-corrected chi connectivity index (χ0v) is 16.7. The maximum absolute atomic E-state index is 12.6. The number of halogens is 1. The maximum atomic E-state index is 12.6. The minimum absolute atomic E-state index is 0. The number of benzene rings is 2. The standard InChI is InChI=1S/C22H28N2O2.ClH/c1-26-21-10-6-5-9-19(21)15-17-11-13-24(14-12-17)22(25)16-20(23)18-7-3-2-4-8-18;/h2-10,17,20H,11-16,23H2,1H3;1H. The Morgan fingerprint density at radius 2 is 1.74 bits per heavy atom. The summed E-state index contributed by atoms with van der Waals surface area (Å²) in [7, 11) is 1.72. The number of rotatable bonds is 6. The van der Waals surface area contributed by atoms with Gasteiger partial charge < -0.3 is 15.4 Å². The molecule has 0 aromatic heterocycles. The van der Waals surface area contributed by atoms with Crippen LogP contribution in [0.15, 0.2) is 54.6 Å². The van der Waals surface area contributed by atoms with Crippen LogP contribution in [0.5, 0.6) is 5.75 Å². The number of hydrogen-bond acceptors (Lipinski definition) is 3. The normalized spacial score (nSPS) is 15.7. The summed E-state index contributed by atoms with van der Waals surface area (Å²) in [5.74, 6) is 1.72. The average Bonchev–Trinajstić information content (AvgIpc) is 2.69. The van der Waals surface area contributed by atoms with E-state index in [9.17, 15) is 4.79 Å². The van der Waals surface area contributed by atoms with Gasteiger partial charge in [0.25, 0.3) is 0 Å². The lowest BCUT2D eigenvalue weighted by atomic mass is 9.89. The molecule has 5 heteroatoms. The molecule has 1 unspecified atom stereocenters. The Morgan fingerprint density at radius 1 is 1.11 bits per heavy atom. The number of nitrogens with two attached hydrogens (primary N) is 1. The molecule has 2 N–H and O–H groups in total. The van der Waals surface area contributed by atoms with Crippen LogP contribution in [-0.2, 0) is 11.2 Å². The summed E-state index contributed by atoms with van der Waals surface area (Å²) in [6.45, 7) is 1.64. The highest BCUT2D eigenvalue weighted by molar-refractivity contribution is 5.85. The summed E-state index contributed by atoms with van der Waals surface area (Å²) in [6.07, 6.45) is 3.45. The molecule has 1 aliphatic heterocycles. The van der Waals surface area contributed by atoms with Crippen LogP contribution < -0.4 is 10.5 Å². The van der Waals surface area contributed by atoms with E-state index in [1.165, 1.54) is 5.56 Å². The van der Waals surface area contributed by atoms with E-state index in [0.717, 1.165) is 43.7 Å². The van der Waals surface area contributed by atoms with Crippen LogP contribution in [-0.4, -0.2) is 31.0 Å². The third-order valence-corrected chi connectivity index (χ3v) is 5.29. The maximum Gasteiger partial charge on any atom is 0.224 e. The molecule has 0 saturated carbocycles. The Hall–Kier alpha value is -2.04. The molecular formula is C22H29ClN2O2. The summed E-state index contributed by atoms with van der Waals surface area (Å²) >= 11 is 0. The molecule has 1 saturated heterocycles. The number of likely N-dealkylation sites (tertiary alicyclic amines) is 1.